The Bertz CT molecular complexity index is 343. The lowest BCUT2D eigenvalue weighted by molar-refractivity contribution is 0.142. The molecule has 2 aliphatic rings. The van der Waals surface area contributed by atoms with Crippen molar-refractivity contribution < 1.29 is 0 Å². The second kappa shape index (κ2) is 4.41. The largest absolute Gasteiger partial charge is 0.353 e. The number of nitrogens with one attached hydrogen (secondary N) is 2. The topological polar surface area (TPSA) is 62.4 Å². The summed E-state index contributed by atoms with van der Waals surface area (Å²) >= 11 is 0. The molecule has 0 aromatic carbocycles. The third-order valence-corrected chi connectivity index (χ3v) is 5.01. The van der Waals surface area contributed by atoms with Gasteiger partial charge in [-0.05, 0) is 49.9 Å². The van der Waals surface area contributed by atoms with Gasteiger partial charge < -0.3 is 5.32 Å². The van der Waals surface area contributed by atoms with Crippen LogP contribution in [0.5, 0.6) is 0 Å². The van der Waals surface area contributed by atoms with Crippen LogP contribution < -0.4 is 16.6 Å². The van der Waals surface area contributed by atoms with Crippen molar-refractivity contribution in [3.8, 4) is 0 Å². The zero-order valence-corrected chi connectivity index (χ0v) is 12.4. The second-order valence-corrected chi connectivity index (χ2v) is 7.24. The molecule has 2 saturated carbocycles. The normalized spacial score (nSPS) is 38.3. The minimum atomic E-state index is 0.285. The number of hydrogen-bond acceptors (Lipinski definition) is 2. The fourth-order valence-electron chi connectivity index (χ4n) is 4.12. The van der Waals surface area contributed by atoms with Crippen LogP contribution >= 0.6 is 0 Å². The van der Waals surface area contributed by atoms with Crippen LogP contribution in [0.1, 0.15) is 53.9 Å². The smallest absolute Gasteiger partial charge is 0.206 e. The number of aliphatic imine (C=N–C) groups is 1. The zero-order valence-electron chi connectivity index (χ0n) is 12.4. The molecule has 0 spiro atoms. The summed E-state index contributed by atoms with van der Waals surface area (Å²) in [5, 5.41) is 3.28. The van der Waals surface area contributed by atoms with Gasteiger partial charge in [0.1, 0.15) is 0 Å². The Balaban J connectivity index is 2.24. The van der Waals surface area contributed by atoms with Gasteiger partial charge in [0.15, 0.2) is 0 Å². The van der Waals surface area contributed by atoms with E-state index in [1.54, 1.807) is 0 Å². The van der Waals surface area contributed by atoms with Crippen molar-refractivity contribution in [2.75, 3.05) is 0 Å². The molecule has 0 heterocycles. The number of guanidine groups is 1. The van der Waals surface area contributed by atoms with E-state index in [9.17, 15) is 0 Å². The Morgan fingerprint density at radius 3 is 2.44 bits per heavy atom. The van der Waals surface area contributed by atoms with Crippen LogP contribution in [-0.2, 0) is 0 Å². The van der Waals surface area contributed by atoms with Gasteiger partial charge in [-0.1, -0.05) is 20.8 Å². The van der Waals surface area contributed by atoms with Gasteiger partial charge in [0.2, 0.25) is 5.96 Å². The summed E-state index contributed by atoms with van der Waals surface area (Å²) in [6.45, 7) is 11.3. The monoisotopic (exact) mass is 252 g/mol. The maximum Gasteiger partial charge on any atom is 0.206 e. The molecule has 2 aliphatic carbocycles. The van der Waals surface area contributed by atoms with Crippen molar-refractivity contribution in [1.82, 2.24) is 10.7 Å². The molecule has 0 amide bonds. The van der Waals surface area contributed by atoms with E-state index >= 15 is 0 Å². The first-order valence-corrected chi connectivity index (χ1v) is 7.10. The van der Waals surface area contributed by atoms with Crippen LogP contribution in [-0.4, -0.2) is 18.0 Å². The van der Waals surface area contributed by atoms with Crippen molar-refractivity contribution in [3.05, 3.63) is 0 Å². The summed E-state index contributed by atoms with van der Waals surface area (Å²) in [6, 6.07) is 0.704. The summed E-state index contributed by atoms with van der Waals surface area (Å²) in [6.07, 6.45) is 3.97. The quantitative estimate of drug-likeness (QED) is 0.305. The van der Waals surface area contributed by atoms with E-state index in [2.05, 4.69) is 45.4 Å². The predicted octanol–water partition coefficient (Wildman–Crippen LogP) is 2.02. The average Bonchev–Trinajstić information content (AvgIpc) is 2.73. The molecule has 3 unspecified atom stereocenters. The molecule has 3 atom stereocenters. The van der Waals surface area contributed by atoms with E-state index in [0.717, 1.165) is 11.9 Å². The van der Waals surface area contributed by atoms with E-state index in [4.69, 9.17) is 10.8 Å². The molecule has 2 fully saturated rings. The molecule has 4 heteroatoms. The van der Waals surface area contributed by atoms with Crippen LogP contribution in [0.2, 0.25) is 0 Å². The lowest BCUT2D eigenvalue weighted by Crippen LogP contribution is -2.48. The van der Waals surface area contributed by atoms with Crippen LogP contribution in [0.25, 0.3) is 0 Å². The Kier molecular flexibility index (Phi) is 3.34. The molecule has 104 valence electrons. The molecule has 4 nitrogen and oxygen atoms in total. The number of fused-ring (bicyclic) bond motifs is 2. The Morgan fingerprint density at radius 2 is 2.00 bits per heavy atom. The van der Waals surface area contributed by atoms with E-state index in [1.807, 2.05) is 0 Å². The molecule has 0 aromatic rings. The zero-order chi connectivity index (χ0) is 13.6. The second-order valence-electron chi connectivity index (χ2n) is 7.24. The number of hydrazine groups is 1. The molecule has 0 saturated heterocycles. The van der Waals surface area contributed by atoms with E-state index in [-0.39, 0.29) is 5.41 Å². The lowest BCUT2D eigenvalue weighted by Gasteiger charge is -2.40. The fraction of sp³-hybridized carbons (Fsp3) is 0.929. The molecular formula is C14H28N4. The highest BCUT2D eigenvalue weighted by molar-refractivity contribution is 5.79. The first-order chi connectivity index (χ1) is 8.29. The van der Waals surface area contributed by atoms with Crippen LogP contribution in [0, 0.1) is 16.7 Å². The summed E-state index contributed by atoms with van der Waals surface area (Å²) in [7, 11) is 0. The standard InChI is InChI=1S/C14H28N4/c1-9(2)16-12(18-15)17-11-13(3,4)10-6-7-14(11,5)8-10/h9-11H,6-8,15H2,1-5H3,(H2,16,17,18). The lowest BCUT2D eigenvalue weighted by atomic mass is 9.69. The van der Waals surface area contributed by atoms with Crippen LogP contribution in [0.15, 0.2) is 4.99 Å². The summed E-state index contributed by atoms with van der Waals surface area (Å²) in [5.41, 5.74) is 3.36. The van der Waals surface area contributed by atoms with Crippen molar-refractivity contribution in [2.24, 2.45) is 27.6 Å². The number of nitrogens with two attached hydrogens (primary N) is 1. The molecule has 18 heavy (non-hydrogen) atoms. The molecule has 0 radical (unpaired) electrons. The van der Waals surface area contributed by atoms with Crippen molar-refractivity contribution in [3.63, 3.8) is 0 Å². The summed E-state index contributed by atoms with van der Waals surface area (Å²) < 4.78 is 0. The molecule has 2 rings (SSSR count). The highest BCUT2D eigenvalue weighted by Gasteiger charge is 2.59. The first kappa shape index (κ1) is 13.7. The van der Waals surface area contributed by atoms with Gasteiger partial charge in [-0.25, -0.2) is 10.8 Å². The van der Waals surface area contributed by atoms with Crippen molar-refractivity contribution in [1.29, 1.82) is 0 Å². The molecule has 4 N–H and O–H groups in total. The fourth-order valence-corrected chi connectivity index (χ4v) is 4.12. The minimum Gasteiger partial charge on any atom is -0.353 e. The van der Waals surface area contributed by atoms with E-state index < -0.39 is 0 Å². The third kappa shape index (κ3) is 2.11. The van der Waals surface area contributed by atoms with Crippen molar-refractivity contribution >= 4 is 5.96 Å². The highest BCUT2D eigenvalue weighted by atomic mass is 15.3. The van der Waals surface area contributed by atoms with E-state index in [0.29, 0.717) is 17.5 Å². The number of rotatable bonds is 2. The van der Waals surface area contributed by atoms with Crippen LogP contribution in [0.4, 0.5) is 0 Å². The molecular weight excluding hydrogens is 224 g/mol. The van der Waals surface area contributed by atoms with Gasteiger partial charge >= 0.3 is 0 Å². The Labute approximate surface area is 111 Å². The van der Waals surface area contributed by atoms with Gasteiger partial charge in [-0.3, -0.25) is 5.43 Å². The first-order valence-electron chi connectivity index (χ1n) is 7.10. The Hall–Kier alpha value is -0.770. The van der Waals surface area contributed by atoms with Gasteiger partial charge in [0.05, 0.1) is 6.04 Å². The van der Waals surface area contributed by atoms with Crippen LogP contribution in [0.3, 0.4) is 0 Å². The summed E-state index contributed by atoms with van der Waals surface area (Å²) in [4.78, 5) is 4.91. The molecule has 2 bridgehead atoms. The number of nitrogens with zero attached hydrogens (tertiary/aromatic N) is 1. The SMILES string of the molecule is CC(C)NC(=NC1C2(C)CCC(C2)C1(C)C)NN. The average molecular weight is 252 g/mol. The maximum absolute atomic E-state index is 5.59. The molecule has 0 aromatic heterocycles. The van der Waals surface area contributed by atoms with Gasteiger partial charge in [0.25, 0.3) is 0 Å². The number of hydrogen-bond donors (Lipinski definition) is 3. The Morgan fingerprint density at radius 1 is 1.33 bits per heavy atom. The minimum absolute atomic E-state index is 0.285. The van der Waals surface area contributed by atoms with E-state index in [1.165, 1.54) is 19.3 Å². The molecule has 0 aliphatic heterocycles. The third-order valence-electron chi connectivity index (χ3n) is 5.01. The maximum atomic E-state index is 5.59. The summed E-state index contributed by atoms with van der Waals surface area (Å²) in [5.74, 6) is 7.13. The van der Waals surface area contributed by atoms with Gasteiger partial charge in [-0.2, -0.15) is 0 Å². The highest BCUT2D eigenvalue weighted by Crippen LogP contribution is 2.63. The predicted molar refractivity (Wildman–Crippen MR) is 76.0 cm³/mol. The van der Waals surface area contributed by atoms with Gasteiger partial charge in [-0.15, -0.1) is 0 Å². The van der Waals surface area contributed by atoms with Crippen molar-refractivity contribution in [2.45, 2.75) is 66.0 Å². The van der Waals surface area contributed by atoms with Gasteiger partial charge in [0, 0.05) is 6.04 Å².